The highest BCUT2D eigenvalue weighted by Gasteiger charge is 2.19. The van der Waals surface area contributed by atoms with Crippen LogP contribution in [-0.4, -0.2) is 36.6 Å². The predicted molar refractivity (Wildman–Crippen MR) is 67.5 cm³/mol. The second kappa shape index (κ2) is 5.14. The molecular weight excluding hydrogens is 216 g/mol. The van der Waals surface area contributed by atoms with Crippen molar-refractivity contribution in [1.29, 1.82) is 5.41 Å². The molecule has 1 unspecified atom stereocenters. The van der Waals surface area contributed by atoms with Crippen LogP contribution in [0.3, 0.4) is 0 Å². The van der Waals surface area contributed by atoms with E-state index in [1.807, 2.05) is 12.1 Å². The van der Waals surface area contributed by atoms with Crippen molar-refractivity contribution in [1.82, 2.24) is 4.98 Å². The SMILES string of the molecule is CCC1CN(c2ccnc(C(=N)N)c2)CCO1. The highest BCUT2D eigenvalue weighted by atomic mass is 16.5. The van der Waals surface area contributed by atoms with Gasteiger partial charge in [0.2, 0.25) is 0 Å². The molecule has 0 aliphatic carbocycles. The number of hydrogen-bond acceptors (Lipinski definition) is 4. The third kappa shape index (κ3) is 2.74. The Bertz CT molecular complexity index is 407. The number of morpholine rings is 1. The lowest BCUT2D eigenvalue weighted by atomic mass is 10.2. The molecule has 1 aromatic heterocycles. The summed E-state index contributed by atoms with van der Waals surface area (Å²) in [4.78, 5) is 6.32. The predicted octanol–water partition coefficient (Wildman–Crippen LogP) is 0.981. The summed E-state index contributed by atoms with van der Waals surface area (Å²) < 4.78 is 5.63. The van der Waals surface area contributed by atoms with Crippen molar-refractivity contribution in [2.75, 3.05) is 24.6 Å². The van der Waals surface area contributed by atoms with E-state index in [1.54, 1.807) is 6.20 Å². The number of nitrogens with two attached hydrogens (primary N) is 1. The topological polar surface area (TPSA) is 75.2 Å². The number of hydrogen-bond donors (Lipinski definition) is 2. The van der Waals surface area contributed by atoms with Crippen LogP contribution >= 0.6 is 0 Å². The molecule has 2 rings (SSSR count). The van der Waals surface area contributed by atoms with Gasteiger partial charge in [0.15, 0.2) is 0 Å². The van der Waals surface area contributed by atoms with Crippen LogP contribution in [0.1, 0.15) is 19.0 Å². The van der Waals surface area contributed by atoms with Crippen molar-refractivity contribution in [2.45, 2.75) is 19.4 Å². The Morgan fingerprint density at radius 2 is 2.53 bits per heavy atom. The fourth-order valence-electron chi connectivity index (χ4n) is 1.96. The summed E-state index contributed by atoms with van der Waals surface area (Å²) in [6.07, 6.45) is 3.00. The van der Waals surface area contributed by atoms with Crippen molar-refractivity contribution in [3.05, 3.63) is 24.0 Å². The van der Waals surface area contributed by atoms with Gasteiger partial charge in [-0.05, 0) is 18.6 Å². The van der Waals surface area contributed by atoms with E-state index < -0.39 is 0 Å². The summed E-state index contributed by atoms with van der Waals surface area (Å²) in [6.45, 7) is 4.63. The minimum atomic E-state index is 0.00662. The largest absolute Gasteiger partial charge is 0.382 e. The normalized spacial score (nSPS) is 20.3. The smallest absolute Gasteiger partial charge is 0.141 e. The monoisotopic (exact) mass is 234 g/mol. The zero-order valence-electron chi connectivity index (χ0n) is 10.0. The first-order valence-corrected chi connectivity index (χ1v) is 5.87. The molecule has 1 aromatic rings. The molecule has 0 radical (unpaired) electrons. The number of amidine groups is 1. The molecule has 0 spiro atoms. The summed E-state index contributed by atoms with van der Waals surface area (Å²) in [5, 5.41) is 7.39. The lowest BCUT2D eigenvalue weighted by Gasteiger charge is -2.34. The van der Waals surface area contributed by atoms with Crippen LogP contribution in [-0.2, 0) is 4.74 Å². The van der Waals surface area contributed by atoms with Gasteiger partial charge in [-0.1, -0.05) is 6.92 Å². The van der Waals surface area contributed by atoms with Crippen LogP contribution < -0.4 is 10.6 Å². The van der Waals surface area contributed by atoms with E-state index in [0.717, 1.165) is 31.8 Å². The zero-order valence-corrected chi connectivity index (χ0v) is 10.0. The summed E-state index contributed by atoms with van der Waals surface area (Å²) in [7, 11) is 0. The number of rotatable bonds is 3. The van der Waals surface area contributed by atoms with Gasteiger partial charge in [0.25, 0.3) is 0 Å². The Hall–Kier alpha value is -1.62. The van der Waals surface area contributed by atoms with Crippen molar-refractivity contribution >= 4 is 11.5 Å². The first-order chi connectivity index (χ1) is 8.20. The molecular formula is C12H18N4O. The molecule has 1 aliphatic rings. The first kappa shape index (κ1) is 11.9. The fourth-order valence-corrected chi connectivity index (χ4v) is 1.96. The fraction of sp³-hybridized carbons (Fsp3) is 0.500. The Balaban J connectivity index is 2.16. The van der Waals surface area contributed by atoms with Crippen molar-refractivity contribution in [3.8, 4) is 0 Å². The van der Waals surface area contributed by atoms with E-state index in [0.29, 0.717) is 5.69 Å². The van der Waals surface area contributed by atoms with Crippen LogP contribution in [0.5, 0.6) is 0 Å². The molecule has 92 valence electrons. The zero-order chi connectivity index (χ0) is 12.3. The molecule has 0 saturated carbocycles. The molecule has 5 heteroatoms. The van der Waals surface area contributed by atoms with Crippen molar-refractivity contribution < 1.29 is 4.74 Å². The van der Waals surface area contributed by atoms with Crippen LogP contribution in [0.25, 0.3) is 0 Å². The number of anilines is 1. The number of nitrogens with zero attached hydrogens (tertiary/aromatic N) is 2. The molecule has 1 atom stereocenters. The van der Waals surface area contributed by atoms with E-state index in [-0.39, 0.29) is 11.9 Å². The second-order valence-electron chi connectivity index (χ2n) is 4.16. The van der Waals surface area contributed by atoms with Gasteiger partial charge >= 0.3 is 0 Å². The summed E-state index contributed by atoms with van der Waals surface area (Å²) in [6, 6.07) is 3.81. The van der Waals surface area contributed by atoms with Crippen molar-refractivity contribution in [2.24, 2.45) is 5.73 Å². The summed E-state index contributed by atoms with van der Waals surface area (Å²) >= 11 is 0. The van der Waals surface area contributed by atoms with Gasteiger partial charge in [-0.2, -0.15) is 0 Å². The molecule has 1 aliphatic heterocycles. The molecule has 0 aromatic carbocycles. The van der Waals surface area contributed by atoms with Gasteiger partial charge in [-0.25, -0.2) is 0 Å². The van der Waals surface area contributed by atoms with Crippen LogP contribution in [0.2, 0.25) is 0 Å². The number of pyridine rings is 1. The lowest BCUT2D eigenvalue weighted by Crippen LogP contribution is -2.42. The van der Waals surface area contributed by atoms with Crippen LogP contribution in [0.4, 0.5) is 5.69 Å². The Kier molecular flexibility index (Phi) is 3.58. The maximum absolute atomic E-state index is 7.39. The Morgan fingerprint density at radius 1 is 1.71 bits per heavy atom. The van der Waals surface area contributed by atoms with Crippen LogP contribution in [0.15, 0.2) is 18.3 Å². The average molecular weight is 234 g/mol. The molecule has 0 amide bonds. The van der Waals surface area contributed by atoms with Gasteiger partial charge in [-0.3, -0.25) is 10.4 Å². The molecule has 2 heterocycles. The molecule has 0 bridgehead atoms. The number of ether oxygens (including phenoxy) is 1. The van der Waals surface area contributed by atoms with Crippen molar-refractivity contribution in [3.63, 3.8) is 0 Å². The Morgan fingerprint density at radius 3 is 3.24 bits per heavy atom. The van der Waals surface area contributed by atoms with Gasteiger partial charge in [0.05, 0.1) is 12.7 Å². The van der Waals surface area contributed by atoms with Gasteiger partial charge in [0, 0.05) is 25.0 Å². The maximum Gasteiger partial charge on any atom is 0.141 e. The minimum Gasteiger partial charge on any atom is -0.382 e. The first-order valence-electron chi connectivity index (χ1n) is 5.87. The van der Waals surface area contributed by atoms with E-state index in [2.05, 4.69) is 16.8 Å². The number of aromatic nitrogens is 1. The third-order valence-electron chi connectivity index (χ3n) is 2.98. The maximum atomic E-state index is 7.39. The molecule has 1 saturated heterocycles. The van der Waals surface area contributed by atoms with E-state index in [1.165, 1.54) is 0 Å². The molecule has 5 nitrogen and oxygen atoms in total. The van der Waals surface area contributed by atoms with Gasteiger partial charge < -0.3 is 15.4 Å². The third-order valence-corrected chi connectivity index (χ3v) is 2.98. The van der Waals surface area contributed by atoms with Crippen LogP contribution in [0, 0.1) is 5.41 Å². The summed E-state index contributed by atoms with van der Waals surface area (Å²) in [5.74, 6) is 0.00662. The van der Waals surface area contributed by atoms with E-state index in [4.69, 9.17) is 15.9 Å². The highest BCUT2D eigenvalue weighted by Crippen LogP contribution is 2.18. The number of nitrogen functional groups attached to an aromatic ring is 1. The van der Waals surface area contributed by atoms with Gasteiger partial charge in [0.1, 0.15) is 11.5 Å². The summed E-state index contributed by atoms with van der Waals surface area (Å²) in [5.41, 5.74) is 7.03. The molecule has 3 N–H and O–H groups in total. The second-order valence-corrected chi connectivity index (χ2v) is 4.16. The minimum absolute atomic E-state index is 0.00662. The van der Waals surface area contributed by atoms with E-state index in [9.17, 15) is 0 Å². The molecule has 1 fully saturated rings. The lowest BCUT2D eigenvalue weighted by molar-refractivity contribution is 0.0384. The highest BCUT2D eigenvalue weighted by molar-refractivity contribution is 5.93. The standard InChI is InChI=1S/C12H18N4O/c1-2-10-8-16(5-6-17-10)9-3-4-15-11(7-9)12(13)14/h3-4,7,10H,2,5-6,8H2,1H3,(H3,13,14). The van der Waals surface area contributed by atoms with Gasteiger partial charge in [-0.15, -0.1) is 0 Å². The quantitative estimate of drug-likeness (QED) is 0.604. The molecule has 17 heavy (non-hydrogen) atoms. The number of nitrogens with one attached hydrogen (secondary N) is 1. The van der Waals surface area contributed by atoms with E-state index >= 15 is 0 Å². The average Bonchev–Trinajstić information content (AvgIpc) is 2.39. The Labute approximate surface area is 101 Å².